The van der Waals surface area contributed by atoms with E-state index in [4.69, 9.17) is 4.74 Å². The standard InChI is InChI=1S/C22H17NO/c1-2-6-17(7-3-1)16-24-20-12-10-18(11-13-20)22-15-23-14-19-8-4-5-9-21(19)22/h1-15H,16H2. The highest BCUT2D eigenvalue weighted by Crippen LogP contribution is 2.28. The lowest BCUT2D eigenvalue weighted by Crippen LogP contribution is -1.94. The van der Waals surface area contributed by atoms with E-state index in [1.807, 2.05) is 48.8 Å². The molecule has 2 heteroatoms. The van der Waals surface area contributed by atoms with Gasteiger partial charge in [0, 0.05) is 23.3 Å². The molecule has 2 nitrogen and oxygen atoms in total. The van der Waals surface area contributed by atoms with E-state index in [0.717, 1.165) is 22.3 Å². The first kappa shape index (κ1) is 14.5. The van der Waals surface area contributed by atoms with E-state index in [2.05, 4.69) is 47.4 Å². The largest absolute Gasteiger partial charge is 0.489 e. The van der Waals surface area contributed by atoms with Crippen molar-refractivity contribution >= 4 is 10.8 Å². The van der Waals surface area contributed by atoms with Crippen LogP contribution in [-0.4, -0.2) is 4.98 Å². The van der Waals surface area contributed by atoms with Gasteiger partial charge in [-0.3, -0.25) is 4.98 Å². The SMILES string of the molecule is c1ccc(COc2ccc(-c3cncc4ccccc34)cc2)cc1. The van der Waals surface area contributed by atoms with Crippen molar-refractivity contribution in [2.45, 2.75) is 6.61 Å². The van der Waals surface area contributed by atoms with Crippen molar-refractivity contribution in [2.75, 3.05) is 0 Å². The van der Waals surface area contributed by atoms with E-state index >= 15 is 0 Å². The molecule has 24 heavy (non-hydrogen) atoms. The van der Waals surface area contributed by atoms with Crippen LogP contribution in [0, 0.1) is 0 Å². The van der Waals surface area contributed by atoms with Crippen molar-refractivity contribution in [3.05, 3.63) is 96.8 Å². The highest BCUT2D eigenvalue weighted by molar-refractivity contribution is 5.95. The lowest BCUT2D eigenvalue weighted by Gasteiger charge is -2.09. The summed E-state index contributed by atoms with van der Waals surface area (Å²) in [6, 6.07) is 26.7. The highest BCUT2D eigenvalue weighted by atomic mass is 16.5. The van der Waals surface area contributed by atoms with E-state index in [9.17, 15) is 0 Å². The molecule has 1 aromatic heterocycles. The second kappa shape index (κ2) is 6.55. The normalized spacial score (nSPS) is 10.7. The zero-order valence-corrected chi connectivity index (χ0v) is 13.2. The maximum Gasteiger partial charge on any atom is 0.119 e. The number of rotatable bonds is 4. The molecular formula is C22H17NO. The van der Waals surface area contributed by atoms with Crippen LogP contribution in [-0.2, 0) is 6.61 Å². The Bertz CT molecular complexity index is 941. The van der Waals surface area contributed by atoms with Crippen molar-refractivity contribution in [3.63, 3.8) is 0 Å². The first-order valence-electron chi connectivity index (χ1n) is 8.00. The summed E-state index contributed by atoms with van der Waals surface area (Å²) in [6.45, 7) is 0.579. The predicted molar refractivity (Wildman–Crippen MR) is 98.0 cm³/mol. The van der Waals surface area contributed by atoms with Crippen LogP contribution >= 0.6 is 0 Å². The highest BCUT2D eigenvalue weighted by Gasteiger charge is 2.04. The summed E-state index contributed by atoms with van der Waals surface area (Å²) in [5, 5.41) is 2.37. The van der Waals surface area contributed by atoms with Gasteiger partial charge in [0.25, 0.3) is 0 Å². The Kier molecular flexibility index (Phi) is 3.95. The smallest absolute Gasteiger partial charge is 0.119 e. The van der Waals surface area contributed by atoms with E-state index in [1.54, 1.807) is 0 Å². The van der Waals surface area contributed by atoms with Gasteiger partial charge in [0.2, 0.25) is 0 Å². The predicted octanol–water partition coefficient (Wildman–Crippen LogP) is 5.48. The van der Waals surface area contributed by atoms with Gasteiger partial charge in [-0.1, -0.05) is 66.7 Å². The summed E-state index contributed by atoms with van der Waals surface area (Å²) in [5.74, 6) is 0.871. The Morgan fingerprint density at radius 1 is 0.708 bits per heavy atom. The minimum Gasteiger partial charge on any atom is -0.489 e. The molecule has 4 rings (SSSR count). The average Bonchev–Trinajstić information content (AvgIpc) is 2.67. The van der Waals surface area contributed by atoms with Crippen LogP contribution < -0.4 is 4.74 Å². The number of hydrogen-bond donors (Lipinski definition) is 0. The first-order chi connectivity index (χ1) is 11.9. The zero-order chi connectivity index (χ0) is 16.2. The number of hydrogen-bond acceptors (Lipinski definition) is 2. The molecule has 0 saturated carbocycles. The van der Waals surface area contributed by atoms with Crippen molar-refractivity contribution in [1.82, 2.24) is 4.98 Å². The minimum atomic E-state index is 0.579. The monoisotopic (exact) mass is 311 g/mol. The lowest BCUT2D eigenvalue weighted by molar-refractivity contribution is 0.306. The molecule has 116 valence electrons. The van der Waals surface area contributed by atoms with Gasteiger partial charge in [-0.15, -0.1) is 0 Å². The van der Waals surface area contributed by atoms with Crippen molar-refractivity contribution in [3.8, 4) is 16.9 Å². The van der Waals surface area contributed by atoms with Crippen LogP contribution in [0.3, 0.4) is 0 Å². The van der Waals surface area contributed by atoms with Gasteiger partial charge < -0.3 is 4.74 Å². The first-order valence-corrected chi connectivity index (χ1v) is 8.00. The van der Waals surface area contributed by atoms with Gasteiger partial charge in [-0.2, -0.15) is 0 Å². The van der Waals surface area contributed by atoms with Gasteiger partial charge >= 0.3 is 0 Å². The van der Waals surface area contributed by atoms with E-state index < -0.39 is 0 Å². The van der Waals surface area contributed by atoms with Crippen molar-refractivity contribution in [1.29, 1.82) is 0 Å². The lowest BCUT2D eigenvalue weighted by atomic mass is 10.0. The van der Waals surface area contributed by atoms with Crippen LogP contribution in [0.4, 0.5) is 0 Å². The summed E-state index contributed by atoms with van der Waals surface area (Å²) in [6.07, 6.45) is 3.82. The molecular weight excluding hydrogens is 294 g/mol. The van der Waals surface area contributed by atoms with E-state index in [0.29, 0.717) is 6.61 Å². The molecule has 0 aliphatic heterocycles. The van der Waals surface area contributed by atoms with Gasteiger partial charge in [-0.25, -0.2) is 0 Å². The van der Waals surface area contributed by atoms with Gasteiger partial charge in [0.1, 0.15) is 12.4 Å². The molecule has 0 unspecified atom stereocenters. The van der Waals surface area contributed by atoms with E-state index in [-0.39, 0.29) is 0 Å². The topological polar surface area (TPSA) is 22.1 Å². The number of pyridine rings is 1. The molecule has 4 aromatic rings. The molecule has 0 aliphatic rings. The summed E-state index contributed by atoms with van der Waals surface area (Å²) in [5.41, 5.74) is 3.45. The maximum absolute atomic E-state index is 5.85. The second-order valence-corrected chi connectivity index (χ2v) is 5.71. The molecule has 0 bridgehead atoms. The summed E-state index contributed by atoms with van der Waals surface area (Å²) < 4.78 is 5.85. The number of benzene rings is 3. The van der Waals surface area contributed by atoms with Gasteiger partial charge in [-0.05, 0) is 28.6 Å². The van der Waals surface area contributed by atoms with Gasteiger partial charge in [0.15, 0.2) is 0 Å². The third kappa shape index (κ3) is 2.99. The molecule has 3 aromatic carbocycles. The van der Waals surface area contributed by atoms with Crippen LogP contribution in [0.25, 0.3) is 21.9 Å². The fourth-order valence-corrected chi connectivity index (χ4v) is 2.82. The molecule has 0 aliphatic carbocycles. The summed E-state index contributed by atoms with van der Waals surface area (Å²) >= 11 is 0. The molecule has 0 fully saturated rings. The number of ether oxygens (including phenoxy) is 1. The Morgan fingerprint density at radius 2 is 1.46 bits per heavy atom. The molecule has 0 atom stereocenters. The Hall–Kier alpha value is -3.13. The maximum atomic E-state index is 5.85. The second-order valence-electron chi connectivity index (χ2n) is 5.71. The minimum absolute atomic E-state index is 0.579. The molecule has 0 radical (unpaired) electrons. The molecule has 0 N–H and O–H groups in total. The fraction of sp³-hybridized carbons (Fsp3) is 0.0455. The molecule has 0 amide bonds. The Labute approximate surface area is 141 Å². The van der Waals surface area contributed by atoms with Crippen molar-refractivity contribution in [2.24, 2.45) is 0 Å². The van der Waals surface area contributed by atoms with Gasteiger partial charge in [0.05, 0.1) is 0 Å². The molecule has 0 spiro atoms. The van der Waals surface area contributed by atoms with Crippen LogP contribution in [0.2, 0.25) is 0 Å². The summed E-state index contributed by atoms with van der Waals surface area (Å²) in [7, 11) is 0. The third-order valence-corrected chi connectivity index (χ3v) is 4.08. The average molecular weight is 311 g/mol. The van der Waals surface area contributed by atoms with Crippen LogP contribution in [0.1, 0.15) is 5.56 Å². The number of aromatic nitrogens is 1. The Morgan fingerprint density at radius 3 is 2.29 bits per heavy atom. The third-order valence-electron chi connectivity index (χ3n) is 4.08. The van der Waals surface area contributed by atoms with Crippen LogP contribution in [0.15, 0.2) is 91.3 Å². The zero-order valence-electron chi connectivity index (χ0n) is 13.2. The molecule has 0 saturated heterocycles. The number of nitrogens with zero attached hydrogens (tertiary/aromatic N) is 1. The molecule has 1 heterocycles. The van der Waals surface area contributed by atoms with E-state index in [1.165, 1.54) is 10.9 Å². The van der Waals surface area contributed by atoms with Crippen LogP contribution in [0.5, 0.6) is 5.75 Å². The number of fused-ring (bicyclic) bond motifs is 1. The summed E-state index contributed by atoms with van der Waals surface area (Å²) in [4.78, 5) is 4.36. The fourth-order valence-electron chi connectivity index (χ4n) is 2.82. The van der Waals surface area contributed by atoms with Crippen molar-refractivity contribution < 1.29 is 4.74 Å². The Balaban J connectivity index is 1.57. The quantitative estimate of drug-likeness (QED) is 0.498.